The van der Waals surface area contributed by atoms with E-state index in [9.17, 15) is 0 Å². The quantitative estimate of drug-likeness (QED) is 0.941. The van der Waals surface area contributed by atoms with Gasteiger partial charge in [-0.3, -0.25) is 4.90 Å². The predicted molar refractivity (Wildman–Crippen MR) is 86.9 cm³/mol. The molecule has 0 aromatic heterocycles. The summed E-state index contributed by atoms with van der Waals surface area (Å²) in [6.45, 7) is 5.59. The zero-order valence-corrected chi connectivity index (χ0v) is 12.4. The molecule has 3 nitrogen and oxygen atoms in total. The molecule has 3 heteroatoms. The van der Waals surface area contributed by atoms with E-state index in [-0.39, 0.29) is 0 Å². The Morgan fingerprint density at radius 3 is 1.81 bits per heavy atom. The summed E-state index contributed by atoms with van der Waals surface area (Å²) in [5.41, 5.74) is 7.93. The van der Waals surface area contributed by atoms with Crippen molar-refractivity contribution in [3.8, 4) is 0 Å². The summed E-state index contributed by atoms with van der Waals surface area (Å²) in [7, 11) is 0. The smallest absolute Gasteiger partial charge is 0.0594 e. The van der Waals surface area contributed by atoms with E-state index in [4.69, 9.17) is 10.5 Å². The molecule has 21 heavy (non-hydrogen) atoms. The highest BCUT2D eigenvalue weighted by Crippen LogP contribution is 2.05. The molecule has 2 aromatic carbocycles. The van der Waals surface area contributed by atoms with Gasteiger partial charge in [0.1, 0.15) is 0 Å². The van der Waals surface area contributed by atoms with Crippen LogP contribution in [0.3, 0.4) is 0 Å². The molecule has 1 aliphatic heterocycles. The summed E-state index contributed by atoms with van der Waals surface area (Å²) in [5.74, 6) is 0. The molecule has 0 atom stereocenters. The summed E-state index contributed by atoms with van der Waals surface area (Å²) in [4.78, 5) is 2.43. The molecular formula is C18H24N2O. The van der Waals surface area contributed by atoms with Gasteiger partial charge in [0.25, 0.3) is 0 Å². The van der Waals surface area contributed by atoms with Crippen LogP contribution in [0.5, 0.6) is 0 Å². The van der Waals surface area contributed by atoms with Gasteiger partial charge in [-0.2, -0.15) is 0 Å². The van der Waals surface area contributed by atoms with Gasteiger partial charge in [-0.1, -0.05) is 60.7 Å². The average Bonchev–Trinajstić information content (AvgIpc) is 2.58. The van der Waals surface area contributed by atoms with E-state index >= 15 is 0 Å². The van der Waals surface area contributed by atoms with E-state index in [1.807, 2.05) is 30.3 Å². The molecule has 2 N–H and O–H groups in total. The Bertz CT molecular complexity index is 481. The van der Waals surface area contributed by atoms with Crippen molar-refractivity contribution >= 4 is 0 Å². The van der Waals surface area contributed by atoms with Crippen molar-refractivity contribution in [3.63, 3.8) is 0 Å². The first kappa shape index (κ1) is 15.7. The SMILES string of the molecule is NCc1ccccc1.c1ccc(CN2CCOCC2)cc1. The third-order valence-electron chi connectivity index (χ3n) is 3.43. The van der Waals surface area contributed by atoms with E-state index in [1.165, 1.54) is 11.1 Å². The highest BCUT2D eigenvalue weighted by Gasteiger charge is 2.09. The Kier molecular flexibility index (Phi) is 6.95. The second kappa shape index (κ2) is 9.29. The third-order valence-corrected chi connectivity index (χ3v) is 3.43. The Labute approximate surface area is 127 Å². The lowest BCUT2D eigenvalue weighted by atomic mass is 10.2. The predicted octanol–water partition coefficient (Wildman–Crippen LogP) is 2.66. The zero-order valence-electron chi connectivity index (χ0n) is 12.4. The molecule has 2 aromatic rings. The van der Waals surface area contributed by atoms with Crippen LogP contribution < -0.4 is 5.73 Å². The van der Waals surface area contributed by atoms with Gasteiger partial charge >= 0.3 is 0 Å². The van der Waals surface area contributed by atoms with Crippen LogP contribution in [-0.2, 0) is 17.8 Å². The van der Waals surface area contributed by atoms with Crippen molar-refractivity contribution in [2.24, 2.45) is 5.73 Å². The maximum atomic E-state index is 5.35. The highest BCUT2D eigenvalue weighted by molar-refractivity contribution is 5.14. The fraction of sp³-hybridized carbons (Fsp3) is 0.333. The van der Waals surface area contributed by atoms with Crippen molar-refractivity contribution in [1.29, 1.82) is 0 Å². The van der Waals surface area contributed by atoms with Crippen LogP contribution in [0, 0.1) is 0 Å². The number of benzene rings is 2. The summed E-state index contributed by atoms with van der Waals surface area (Å²) in [6, 6.07) is 20.6. The first-order valence-corrected chi connectivity index (χ1v) is 7.46. The molecule has 0 spiro atoms. The minimum atomic E-state index is 0.640. The first-order chi connectivity index (χ1) is 10.4. The number of morpholine rings is 1. The van der Waals surface area contributed by atoms with Crippen molar-refractivity contribution in [2.75, 3.05) is 26.3 Å². The van der Waals surface area contributed by atoms with E-state index < -0.39 is 0 Å². The van der Waals surface area contributed by atoms with Crippen LogP contribution in [0.25, 0.3) is 0 Å². The van der Waals surface area contributed by atoms with E-state index in [2.05, 4.69) is 35.2 Å². The molecule has 112 valence electrons. The van der Waals surface area contributed by atoms with Crippen LogP contribution >= 0.6 is 0 Å². The summed E-state index contributed by atoms with van der Waals surface area (Å²) in [6.07, 6.45) is 0. The van der Waals surface area contributed by atoms with E-state index in [1.54, 1.807) is 0 Å². The van der Waals surface area contributed by atoms with Crippen LogP contribution in [0.2, 0.25) is 0 Å². The van der Waals surface area contributed by atoms with Gasteiger partial charge in [0.05, 0.1) is 13.2 Å². The van der Waals surface area contributed by atoms with Crippen LogP contribution in [0.15, 0.2) is 60.7 Å². The number of nitrogens with zero attached hydrogens (tertiary/aromatic N) is 1. The molecule has 0 radical (unpaired) electrons. The molecule has 1 heterocycles. The first-order valence-electron chi connectivity index (χ1n) is 7.46. The maximum absolute atomic E-state index is 5.35. The van der Waals surface area contributed by atoms with Crippen molar-refractivity contribution in [2.45, 2.75) is 13.1 Å². The van der Waals surface area contributed by atoms with Crippen molar-refractivity contribution in [3.05, 3.63) is 71.8 Å². The Morgan fingerprint density at radius 2 is 1.33 bits per heavy atom. The van der Waals surface area contributed by atoms with Crippen LogP contribution in [0.4, 0.5) is 0 Å². The largest absolute Gasteiger partial charge is 0.379 e. The molecule has 0 saturated carbocycles. The molecule has 3 rings (SSSR count). The Balaban J connectivity index is 0.000000173. The second-order valence-corrected chi connectivity index (χ2v) is 5.06. The minimum absolute atomic E-state index is 0.640. The van der Waals surface area contributed by atoms with Gasteiger partial charge < -0.3 is 10.5 Å². The minimum Gasteiger partial charge on any atom is -0.379 e. The lowest BCUT2D eigenvalue weighted by Crippen LogP contribution is -2.35. The molecule has 1 aliphatic rings. The third kappa shape index (κ3) is 6.08. The lowest BCUT2D eigenvalue weighted by Gasteiger charge is -2.26. The summed E-state index contributed by atoms with van der Waals surface area (Å²) >= 11 is 0. The average molecular weight is 284 g/mol. The molecule has 0 aliphatic carbocycles. The lowest BCUT2D eigenvalue weighted by molar-refractivity contribution is 0.0342. The molecule has 0 bridgehead atoms. The van der Waals surface area contributed by atoms with Crippen LogP contribution in [0.1, 0.15) is 11.1 Å². The highest BCUT2D eigenvalue weighted by atomic mass is 16.5. The monoisotopic (exact) mass is 284 g/mol. The van der Waals surface area contributed by atoms with Crippen molar-refractivity contribution in [1.82, 2.24) is 4.90 Å². The van der Waals surface area contributed by atoms with E-state index in [0.29, 0.717) is 6.54 Å². The number of rotatable bonds is 3. The van der Waals surface area contributed by atoms with Gasteiger partial charge in [0.15, 0.2) is 0 Å². The summed E-state index contributed by atoms with van der Waals surface area (Å²) in [5, 5.41) is 0. The summed E-state index contributed by atoms with van der Waals surface area (Å²) < 4.78 is 5.30. The number of hydrogen-bond acceptors (Lipinski definition) is 3. The second-order valence-electron chi connectivity index (χ2n) is 5.06. The fourth-order valence-corrected chi connectivity index (χ4v) is 2.21. The Morgan fingerprint density at radius 1 is 0.810 bits per heavy atom. The fourth-order valence-electron chi connectivity index (χ4n) is 2.21. The molecule has 0 amide bonds. The van der Waals surface area contributed by atoms with Gasteiger partial charge in [-0.05, 0) is 11.1 Å². The number of hydrogen-bond donors (Lipinski definition) is 1. The van der Waals surface area contributed by atoms with E-state index in [0.717, 1.165) is 32.8 Å². The number of nitrogens with two attached hydrogens (primary N) is 1. The van der Waals surface area contributed by atoms with Gasteiger partial charge in [0.2, 0.25) is 0 Å². The Hall–Kier alpha value is -1.68. The van der Waals surface area contributed by atoms with Gasteiger partial charge in [-0.25, -0.2) is 0 Å². The zero-order chi connectivity index (χ0) is 14.8. The number of ether oxygens (including phenoxy) is 1. The normalized spacial score (nSPS) is 15.1. The standard InChI is InChI=1S/C11H15NO.C7H9N/c1-2-4-11(5-3-1)10-12-6-8-13-9-7-12;8-6-7-4-2-1-3-5-7/h1-5H,6-10H2;1-5H,6,8H2. The maximum Gasteiger partial charge on any atom is 0.0594 e. The van der Waals surface area contributed by atoms with Gasteiger partial charge in [-0.15, -0.1) is 0 Å². The molecule has 1 saturated heterocycles. The van der Waals surface area contributed by atoms with Gasteiger partial charge in [0, 0.05) is 26.2 Å². The molecular weight excluding hydrogens is 260 g/mol. The molecule has 1 fully saturated rings. The van der Waals surface area contributed by atoms with Crippen LogP contribution in [-0.4, -0.2) is 31.2 Å². The van der Waals surface area contributed by atoms with Crippen molar-refractivity contribution < 1.29 is 4.74 Å². The molecule has 0 unspecified atom stereocenters. The topological polar surface area (TPSA) is 38.5 Å².